The van der Waals surface area contributed by atoms with Crippen molar-refractivity contribution in [3.63, 3.8) is 0 Å². The molecule has 2 aromatic rings. The van der Waals surface area contributed by atoms with E-state index in [0.717, 1.165) is 27.8 Å². The molecule has 1 aliphatic heterocycles. The minimum Gasteiger partial charge on any atom is -0.490 e. The highest BCUT2D eigenvalue weighted by Gasteiger charge is 2.36. The molecule has 1 saturated heterocycles. The van der Waals surface area contributed by atoms with Gasteiger partial charge in [0.25, 0.3) is 11.1 Å². The summed E-state index contributed by atoms with van der Waals surface area (Å²) < 4.78 is 16.9. The number of hydrogen-bond acceptors (Lipinski definition) is 7. The Labute approximate surface area is 204 Å². The van der Waals surface area contributed by atoms with Crippen LogP contribution >= 0.6 is 11.8 Å². The fourth-order valence-electron chi connectivity index (χ4n) is 3.23. The van der Waals surface area contributed by atoms with Gasteiger partial charge >= 0.3 is 5.97 Å². The maximum Gasteiger partial charge on any atom is 0.326 e. The second-order valence-electron chi connectivity index (χ2n) is 7.89. The molecule has 1 heterocycles. The number of benzene rings is 2. The summed E-state index contributed by atoms with van der Waals surface area (Å²) >= 11 is 0.794. The number of imide groups is 1. The summed E-state index contributed by atoms with van der Waals surface area (Å²) in [5.41, 5.74) is 2.88. The third kappa shape index (κ3) is 6.63. The normalized spacial score (nSPS) is 15.5. The maximum absolute atomic E-state index is 12.7. The predicted molar refractivity (Wildman–Crippen MR) is 132 cm³/mol. The molecule has 0 aromatic heterocycles. The molecule has 2 amide bonds. The molecule has 1 atom stereocenters. The number of carbonyl (C=O) groups excluding carboxylic acids is 3. The van der Waals surface area contributed by atoms with Crippen molar-refractivity contribution >= 4 is 35.0 Å². The van der Waals surface area contributed by atoms with E-state index in [0.29, 0.717) is 36.7 Å². The number of thioether (sulfide) groups is 1. The lowest BCUT2D eigenvalue weighted by atomic mass is 10.1. The van der Waals surface area contributed by atoms with Crippen molar-refractivity contribution < 1.29 is 28.6 Å². The van der Waals surface area contributed by atoms with E-state index in [4.69, 9.17) is 14.2 Å². The number of rotatable bonds is 10. The van der Waals surface area contributed by atoms with Crippen LogP contribution < -0.4 is 9.47 Å². The fraction of sp³-hybridized carbons (Fsp3) is 0.346. The standard InChI is InChI=1S/C26H29NO6S/c1-5-18(4)33-24(28)15-27-25(29)23(34-26(27)30)14-19-10-11-21(22(13-19)31-6-2)32-16-20-9-7-8-17(3)12-20/h7-14,18H,5-6,15-16H2,1-4H3/b23-14-/t18-/m1/s1. The minimum atomic E-state index is -0.605. The number of aryl methyl sites for hydroxylation is 1. The van der Waals surface area contributed by atoms with Crippen LogP contribution in [0.1, 0.15) is 43.9 Å². The zero-order valence-electron chi connectivity index (χ0n) is 19.8. The molecule has 0 spiro atoms. The monoisotopic (exact) mass is 483 g/mol. The summed E-state index contributed by atoms with van der Waals surface area (Å²) in [7, 11) is 0. The first-order chi connectivity index (χ1) is 16.3. The van der Waals surface area contributed by atoms with Gasteiger partial charge in [0, 0.05) is 0 Å². The second-order valence-corrected chi connectivity index (χ2v) is 8.89. The van der Waals surface area contributed by atoms with Gasteiger partial charge in [0.2, 0.25) is 0 Å². The number of carbonyl (C=O) groups is 3. The Balaban J connectivity index is 1.73. The second kappa shape index (κ2) is 11.7. The molecule has 3 rings (SSSR count). The molecule has 0 N–H and O–H groups in total. The topological polar surface area (TPSA) is 82.1 Å². The molecule has 180 valence electrons. The van der Waals surface area contributed by atoms with Crippen LogP contribution in [-0.4, -0.2) is 41.3 Å². The average molecular weight is 484 g/mol. The van der Waals surface area contributed by atoms with Gasteiger partial charge in [-0.05, 0) is 68.3 Å². The number of hydrogen-bond donors (Lipinski definition) is 0. The summed E-state index contributed by atoms with van der Waals surface area (Å²) in [6.45, 7) is 7.99. The number of amides is 2. The van der Waals surface area contributed by atoms with Crippen LogP contribution in [0.5, 0.6) is 11.5 Å². The lowest BCUT2D eigenvalue weighted by molar-refractivity contribution is -0.150. The largest absolute Gasteiger partial charge is 0.490 e. The highest BCUT2D eigenvalue weighted by atomic mass is 32.2. The summed E-state index contributed by atoms with van der Waals surface area (Å²) in [4.78, 5) is 38.2. The van der Waals surface area contributed by atoms with Crippen LogP contribution in [0, 0.1) is 6.92 Å². The van der Waals surface area contributed by atoms with E-state index in [2.05, 4.69) is 6.07 Å². The Hall–Kier alpha value is -3.26. The van der Waals surface area contributed by atoms with E-state index in [1.165, 1.54) is 0 Å². The van der Waals surface area contributed by atoms with Gasteiger partial charge in [-0.3, -0.25) is 19.3 Å². The van der Waals surface area contributed by atoms with Crippen LogP contribution in [0.3, 0.4) is 0 Å². The quantitative estimate of drug-likeness (QED) is 0.333. The molecule has 0 aliphatic carbocycles. The summed E-state index contributed by atoms with van der Waals surface area (Å²) in [5, 5.41) is -0.500. The van der Waals surface area contributed by atoms with E-state index in [1.54, 1.807) is 31.2 Å². The van der Waals surface area contributed by atoms with Crippen molar-refractivity contribution in [2.75, 3.05) is 13.2 Å². The molecule has 1 fully saturated rings. The molecule has 2 aromatic carbocycles. The van der Waals surface area contributed by atoms with Crippen LogP contribution in [-0.2, 0) is 20.9 Å². The summed E-state index contributed by atoms with van der Waals surface area (Å²) in [5.74, 6) is 0.00198. The number of nitrogens with zero attached hydrogens (tertiary/aromatic N) is 1. The number of esters is 1. The predicted octanol–water partition coefficient (Wildman–Crippen LogP) is 5.35. The molecule has 8 heteroatoms. The third-order valence-electron chi connectivity index (χ3n) is 5.11. The Bertz CT molecular complexity index is 1100. The van der Waals surface area contributed by atoms with Crippen molar-refractivity contribution in [1.29, 1.82) is 0 Å². The smallest absolute Gasteiger partial charge is 0.326 e. The van der Waals surface area contributed by atoms with Crippen LogP contribution in [0.4, 0.5) is 4.79 Å². The van der Waals surface area contributed by atoms with E-state index in [9.17, 15) is 14.4 Å². The number of ether oxygens (including phenoxy) is 3. The van der Waals surface area contributed by atoms with Gasteiger partial charge in [-0.2, -0.15) is 0 Å². The molecular weight excluding hydrogens is 454 g/mol. The lowest BCUT2D eigenvalue weighted by Crippen LogP contribution is -2.35. The molecule has 34 heavy (non-hydrogen) atoms. The van der Waals surface area contributed by atoms with Crippen molar-refractivity contribution in [1.82, 2.24) is 4.90 Å². The molecular formula is C26H29NO6S. The van der Waals surface area contributed by atoms with Crippen molar-refractivity contribution in [3.8, 4) is 11.5 Å². The van der Waals surface area contributed by atoms with Gasteiger partial charge in [0.1, 0.15) is 13.2 Å². The van der Waals surface area contributed by atoms with Crippen molar-refractivity contribution in [2.24, 2.45) is 0 Å². The van der Waals surface area contributed by atoms with Gasteiger partial charge in [-0.15, -0.1) is 0 Å². The average Bonchev–Trinajstić information content (AvgIpc) is 3.06. The first-order valence-corrected chi connectivity index (χ1v) is 12.0. The Morgan fingerprint density at radius 3 is 2.59 bits per heavy atom. The molecule has 1 aliphatic rings. The van der Waals surface area contributed by atoms with Crippen LogP contribution in [0.15, 0.2) is 47.4 Å². The van der Waals surface area contributed by atoms with E-state index < -0.39 is 23.7 Å². The van der Waals surface area contributed by atoms with Crippen LogP contribution in [0.2, 0.25) is 0 Å². The highest BCUT2D eigenvalue weighted by Crippen LogP contribution is 2.35. The van der Waals surface area contributed by atoms with Gasteiger partial charge in [0.15, 0.2) is 11.5 Å². The van der Waals surface area contributed by atoms with Gasteiger partial charge in [-0.1, -0.05) is 42.8 Å². The molecule has 0 saturated carbocycles. The first-order valence-electron chi connectivity index (χ1n) is 11.2. The van der Waals surface area contributed by atoms with Crippen molar-refractivity contribution in [2.45, 2.75) is 46.8 Å². The minimum absolute atomic E-state index is 0.234. The van der Waals surface area contributed by atoms with E-state index in [1.807, 2.05) is 39.0 Å². The van der Waals surface area contributed by atoms with Gasteiger partial charge in [-0.25, -0.2) is 0 Å². The molecule has 0 bridgehead atoms. The Kier molecular flexibility index (Phi) is 8.76. The molecule has 7 nitrogen and oxygen atoms in total. The van der Waals surface area contributed by atoms with E-state index >= 15 is 0 Å². The van der Waals surface area contributed by atoms with Gasteiger partial charge in [0.05, 0.1) is 17.6 Å². The van der Waals surface area contributed by atoms with Gasteiger partial charge < -0.3 is 14.2 Å². The molecule has 0 unspecified atom stereocenters. The lowest BCUT2D eigenvalue weighted by Gasteiger charge is -2.15. The summed E-state index contributed by atoms with van der Waals surface area (Å²) in [6.07, 6.45) is 1.99. The van der Waals surface area contributed by atoms with Crippen LogP contribution in [0.25, 0.3) is 6.08 Å². The highest BCUT2D eigenvalue weighted by molar-refractivity contribution is 8.18. The van der Waals surface area contributed by atoms with E-state index in [-0.39, 0.29) is 11.0 Å². The first kappa shape index (κ1) is 25.4. The fourth-order valence-corrected chi connectivity index (χ4v) is 4.07. The Morgan fingerprint density at radius 2 is 1.88 bits per heavy atom. The third-order valence-corrected chi connectivity index (χ3v) is 6.02. The molecule has 0 radical (unpaired) electrons. The van der Waals surface area contributed by atoms with Crippen molar-refractivity contribution in [3.05, 3.63) is 64.1 Å². The SMILES string of the molecule is CCOc1cc(/C=C2\SC(=O)N(CC(=O)O[C@H](C)CC)C2=O)ccc1OCc1cccc(C)c1. The Morgan fingerprint density at radius 1 is 1.09 bits per heavy atom. The zero-order chi connectivity index (χ0) is 24.7. The zero-order valence-corrected chi connectivity index (χ0v) is 20.6. The summed E-state index contributed by atoms with van der Waals surface area (Å²) in [6, 6.07) is 13.4. The maximum atomic E-state index is 12.7.